The van der Waals surface area contributed by atoms with Gasteiger partial charge in [-0.1, -0.05) is 18.2 Å². The van der Waals surface area contributed by atoms with Gasteiger partial charge >= 0.3 is 0 Å². The lowest BCUT2D eigenvalue weighted by atomic mass is 10.1. The molecule has 4 rings (SSSR count). The first kappa shape index (κ1) is 13.9. The largest absolute Gasteiger partial charge is 0.456 e. The summed E-state index contributed by atoms with van der Waals surface area (Å²) >= 11 is 0. The third-order valence-electron chi connectivity index (χ3n) is 3.82. The first-order valence-corrected chi connectivity index (χ1v) is 7.49. The van der Waals surface area contributed by atoms with Crippen LogP contribution in [0.3, 0.4) is 0 Å². The van der Waals surface area contributed by atoms with Crippen LogP contribution in [-0.2, 0) is 11.3 Å². The Morgan fingerprint density at radius 1 is 1.13 bits per heavy atom. The zero-order chi connectivity index (χ0) is 15.8. The average molecular weight is 304 g/mol. The zero-order valence-electron chi connectivity index (χ0n) is 13.0. The summed E-state index contributed by atoms with van der Waals surface area (Å²) in [5.41, 5.74) is 5.48. The fourth-order valence-electron chi connectivity index (χ4n) is 2.82. The maximum Gasteiger partial charge on any atom is 0.137 e. The quantitative estimate of drug-likeness (QED) is 0.559. The van der Waals surface area contributed by atoms with E-state index in [4.69, 9.17) is 9.15 Å². The Kier molecular flexibility index (Phi) is 3.32. The highest BCUT2D eigenvalue weighted by Crippen LogP contribution is 2.32. The van der Waals surface area contributed by atoms with E-state index >= 15 is 0 Å². The van der Waals surface area contributed by atoms with E-state index in [1.54, 1.807) is 13.3 Å². The smallest absolute Gasteiger partial charge is 0.137 e. The van der Waals surface area contributed by atoms with Crippen molar-refractivity contribution in [2.75, 3.05) is 7.11 Å². The standard InChI is InChI=1S/C19H16N2O2/c1-12-7-15(18-9-13-5-3-4-6-17(13)23-18)19-16(8-12)21-14(10-20-19)11-22-2/h3-10H,11H2,1-2H3. The molecule has 0 atom stereocenters. The Bertz CT molecular complexity index is 972. The summed E-state index contributed by atoms with van der Waals surface area (Å²) in [7, 11) is 1.65. The van der Waals surface area contributed by atoms with Crippen LogP contribution in [-0.4, -0.2) is 17.1 Å². The molecule has 0 aliphatic heterocycles. The highest BCUT2D eigenvalue weighted by Gasteiger charge is 2.13. The number of aryl methyl sites for hydroxylation is 1. The van der Waals surface area contributed by atoms with E-state index in [9.17, 15) is 0 Å². The van der Waals surface area contributed by atoms with Gasteiger partial charge in [0.05, 0.1) is 29.5 Å². The van der Waals surface area contributed by atoms with Crippen molar-refractivity contribution in [3.8, 4) is 11.3 Å². The monoisotopic (exact) mass is 304 g/mol. The number of para-hydroxylation sites is 1. The molecule has 0 spiro atoms. The first-order valence-electron chi connectivity index (χ1n) is 7.49. The van der Waals surface area contributed by atoms with E-state index in [0.717, 1.165) is 44.6 Å². The Morgan fingerprint density at radius 3 is 2.83 bits per heavy atom. The number of ether oxygens (including phenoxy) is 1. The minimum atomic E-state index is 0.455. The van der Waals surface area contributed by atoms with Gasteiger partial charge in [-0.15, -0.1) is 0 Å². The van der Waals surface area contributed by atoms with Crippen LogP contribution in [0, 0.1) is 6.92 Å². The van der Waals surface area contributed by atoms with Gasteiger partial charge in [0.2, 0.25) is 0 Å². The molecule has 0 aliphatic carbocycles. The number of furan rings is 1. The summed E-state index contributed by atoms with van der Waals surface area (Å²) in [6, 6.07) is 14.2. The maximum atomic E-state index is 6.00. The Morgan fingerprint density at radius 2 is 2.00 bits per heavy atom. The van der Waals surface area contributed by atoms with Gasteiger partial charge in [-0.3, -0.25) is 4.98 Å². The molecule has 2 heterocycles. The third kappa shape index (κ3) is 2.47. The highest BCUT2D eigenvalue weighted by molar-refractivity contribution is 5.93. The van der Waals surface area contributed by atoms with Gasteiger partial charge in [-0.05, 0) is 36.8 Å². The van der Waals surface area contributed by atoms with Crippen LogP contribution in [0.1, 0.15) is 11.3 Å². The second-order valence-corrected chi connectivity index (χ2v) is 5.62. The molecule has 114 valence electrons. The van der Waals surface area contributed by atoms with E-state index in [-0.39, 0.29) is 0 Å². The summed E-state index contributed by atoms with van der Waals surface area (Å²) in [4.78, 5) is 9.22. The summed E-state index contributed by atoms with van der Waals surface area (Å²) in [5.74, 6) is 0.814. The second-order valence-electron chi connectivity index (χ2n) is 5.62. The fraction of sp³-hybridized carbons (Fsp3) is 0.158. The summed E-state index contributed by atoms with van der Waals surface area (Å²) in [6.07, 6.45) is 1.76. The molecule has 2 aromatic carbocycles. The fourth-order valence-corrected chi connectivity index (χ4v) is 2.82. The normalized spacial score (nSPS) is 11.4. The Balaban J connectivity index is 1.94. The molecule has 0 N–H and O–H groups in total. The molecule has 4 heteroatoms. The molecule has 0 aliphatic rings. The predicted molar refractivity (Wildman–Crippen MR) is 90.2 cm³/mol. The van der Waals surface area contributed by atoms with E-state index in [1.807, 2.05) is 36.4 Å². The lowest BCUT2D eigenvalue weighted by molar-refractivity contribution is 0.181. The van der Waals surface area contributed by atoms with Crippen LogP contribution < -0.4 is 0 Å². The lowest BCUT2D eigenvalue weighted by Gasteiger charge is -2.06. The molecule has 0 saturated carbocycles. The number of methoxy groups -OCH3 is 1. The molecule has 0 saturated heterocycles. The maximum absolute atomic E-state index is 6.00. The number of hydrogen-bond donors (Lipinski definition) is 0. The summed E-state index contributed by atoms with van der Waals surface area (Å²) in [6.45, 7) is 2.51. The van der Waals surface area contributed by atoms with Gasteiger partial charge in [0.1, 0.15) is 11.3 Å². The van der Waals surface area contributed by atoms with Crippen molar-refractivity contribution in [1.29, 1.82) is 0 Å². The molecular formula is C19H16N2O2. The van der Waals surface area contributed by atoms with Crippen molar-refractivity contribution in [1.82, 2.24) is 9.97 Å². The summed E-state index contributed by atoms with van der Waals surface area (Å²) < 4.78 is 11.1. The van der Waals surface area contributed by atoms with Gasteiger partial charge in [-0.2, -0.15) is 0 Å². The molecule has 0 amide bonds. The van der Waals surface area contributed by atoms with Crippen molar-refractivity contribution in [3.63, 3.8) is 0 Å². The van der Waals surface area contributed by atoms with Gasteiger partial charge in [0.25, 0.3) is 0 Å². The molecule has 0 bridgehead atoms. The van der Waals surface area contributed by atoms with Crippen LogP contribution in [0.5, 0.6) is 0 Å². The predicted octanol–water partition coefficient (Wildman–Crippen LogP) is 4.50. The number of nitrogens with zero attached hydrogens (tertiary/aromatic N) is 2. The Hall–Kier alpha value is -2.72. The lowest BCUT2D eigenvalue weighted by Crippen LogP contribution is -1.96. The number of rotatable bonds is 3. The number of benzene rings is 2. The molecule has 23 heavy (non-hydrogen) atoms. The van der Waals surface area contributed by atoms with E-state index in [0.29, 0.717) is 6.61 Å². The van der Waals surface area contributed by atoms with Gasteiger partial charge in [-0.25, -0.2) is 4.98 Å². The first-order chi connectivity index (χ1) is 11.2. The van der Waals surface area contributed by atoms with Crippen molar-refractivity contribution < 1.29 is 9.15 Å². The van der Waals surface area contributed by atoms with Crippen LogP contribution in [0.4, 0.5) is 0 Å². The molecule has 4 nitrogen and oxygen atoms in total. The minimum absolute atomic E-state index is 0.455. The number of fused-ring (bicyclic) bond motifs is 2. The van der Waals surface area contributed by atoms with Gasteiger partial charge in [0, 0.05) is 18.1 Å². The van der Waals surface area contributed by atoms with Gasteiger partial charge < -0.3 is 9.15 Å². The summed E-state index contributed by atoms with van der Waals surface area (Å²) in [5, 5.41) is 1.08. The SMILES string of the molecule is COCc1cnc2c(-c3cc4ccccc4o3)cc(C)cc2n1. The number of hydrogen-bond acceptors (Lipinski definition) is 4. The average Bonchev–Trinajstić information content (AvgIpc) is 2.98. The van der Waals surface area contributed by atoms with Crippen LogP contribution >= 0.6 is 0 Å². The number of aromatic nitrogens is 2. The highest BCUT2D eigenvalue weighted by atomic mass is 16.5. The van der Waals surface area contributed by atoms with Crippen molar-refractivity contribution in [3.05, 3.63) is 59.9 Å². The molecule has 0 unspecified atom stereocenters. The zero-order valence-corrected chi connectivity index (χ0v) is 13.0. The van der Waals surface area contributed by atoms with Crippen molar-refractivity contribution >= 4 is 22.0 Å². The van der Waals surface area contributed by atoms with Crippen molar-refractivity contribution in [2.45, 2.75) is 13.5 Å². The molecule has 0 radical (unpaired) electrons. The van der Waals surface area contributed by atoms with Crippen LogP contribution in [0.25, 0.3) is 33.3 Å². The minimum Gasteiger partial charge on any atom is -0.456 e. The van der Waals surface area contributed by atoms with E-state index in [1.165, 1.54) is 0 Å². The second kappa shape index (κ2) is 5.48. The molecular weight excluding hydrogens is 288 g/mol. The topological polar surface area (TPSA) is 48.2 Å². The van der Waals surface area contributed by atoms with Gasteiger partial charge in [0.15, 0.2) is 0 Å². The van der Waals surface area contributed by atoms with E-state index in [2.05, 4.69) is 23.0 Å². The van der Waals surface area contributed by atoms with Crippen LogP contribution in [0.15, 0.2) is 53.1 Å². The molecule has 0 fully saturated rings. The molecule has 2 aromatic heterocycles. The molecule has 4 aromatic rings. The third-order valence-corrected chi connectivity index (χ3v) is 3.82. The Labute approximate surface area is 133 Å². The van der Waals surface area contributed by atoms with Crippen molar-refractivity contribution in [2.24, 2.45) is 0 Å². The van der Waals surface area contributed by atoms with E-state index < -0.39 is 0 Å². The van der Waals surface area contributed by atoms with Crippen LogP contribution in [0.2, 0.25) is 0 Å².